The molecule has 4 heterocycles. The van der Waals surface area contributed by atoms with E-state index in [1.807, 2.05) is 72.8 Å². The third-order valence-corrected chi connectivity index (χ3v) is 7.49. The van der Waals surface area contributed by atoms with E-state index in [0.29, 0.717) is 0 Å². The van der Waals surface area contributed by atoms with Gasteiger partial charge in [-0.25, -0.2) is 8.78 Å². The molecule has 2 N–H and O–H groups in total. The minimum atomic E-state index is -0.576. The SMILES string of the molecule is Cc1cc(-c2ccccn2)[c-]c(-c2ccccn2)c1.Cc1cc(-c2ccccn2)[c-]c(-c2ccccn2)c1.Oc1ccccc1F.Oc1ccccc1F.[Cl][Pt+].[Pt]. The molecule has 0 saturated heterocycles. The summed E-state index contributed by atoms with van der Waals surface area (Å²) in [7, 11) is 4.61. The van der Waals surface area contributed by atoms with E-state index < -0.39 is 11.6 Å². The summed E-state index contributed by atoms with van der Waals surface area (Å²) in [6.45, 7) is 4.15. The molecule has 6 nitrogen and oxygen atoms in total. The Bertz CT molecular complexity index is 2040. The fourth-order valence-electron chi connectivity index (χ4n) is 4.97. The number of para-hydroxylation sites is 2. The number of aryl methyl sites for hydroxylation is 2. The first-order valence-corrected chi connectivity index (χ1v) is 19.8. The fourth-order valence-corrected chi connectivity index (χ4v) is 4.97. The second kappa shape index (κ2) is 25.0. The van der Waals surface area contributed by atoms with Crippen LogP contribution in [0, 0.1) is 37.6 Å². The number of hydrogen-bond acceptors (Lipinski definition) is 6. The van der Waals surface area contributed by atoms with Crippen LogP contribution >= 0.6 is 9.42 Å². The van der Waals surface area contributed by atoms with Crippen molar-refractivity contribution in [1.29, 1.82) is 0 Å². The van der Waals surface area contributed by atoms with Crippen LogP contribution in [-0.2, 0) is 39.8 Å². The van der Waals surface area contributed by atoms with Crippen LogP contribution < -0.4 is 0 Å². The minimum Gasteiger partial charge on any atom is 0 e. The maximum absolute atomic E-state index is 12.1. The molecule has 0 unspecified atom stereocenters. The van der Waals surface area contributed by atoms with Gasteiger partial charge in [0.25, 0.3) is 0 Å². The number of phenols is 2. The van der Waals surface area contributed by atoms with Gasteiger partial charge in [-0.05, 0) is 48.5 Å². The van der Waals surface area contributed by atoms with Gasteiger partial charge in [0.15, 0.2) is 23.1 Å². The Morgan fingerprint density at radius 1 is 0.439 bits per heavy atom. The van der Waals surface area contributed by atoms with Crippen molar-refractivity contribution in [2.24, 2.45) is 0 Å². The summed E-state index contributed by atoms with van der Waals surface area (Å²) in [6, 6.07) is 49.9. The Hall–Kier alpha value is -5.39. The quantitative estimate of drug-likeness (QED) is 0.171. The molecule has 0 fully saturated rings. The molecule has 57 heavy (non-hydrogen) atoms. The van der Waals surface area contributed by atoms with E-state index in [1.165, 1.54) is 47.5 Å². The van der Waals surface area contributed by atoms with E-state index in [4.69, 9.17) is 10.2 Å². The first-order valence-electron chi connectivity index (χ1n) is 17.0. The number of pyridine rings is 4. The van der Waals surface area contributed by atoms with Crippen molar-refractivity contribution in [3.63, 3.8) is 0 Å². The zero-order valence-electron chi connectivity index (χ0n) is 30.6. The van der Waals surface area contributed by atoms with Crippen molar-refractivity contribution >= 4 is 9.42 Å². The standard InChI is InChI=1S/2C17H13N2.2C6H5FO.ClH.2Pt/c2*1-13-10-14(16-6-2-4-8-18-16)12-15(11-13)17-7-3-5-9-19-17;2*7-5-3-1-2-4-6(5)8;;;/h2*2-11H,1H3;2*1-4,8H;1H;;/q2*-1;;;;;+2/p-1. The van der Waals surface area contributed by atoms with Gasteiger partial charge in [0, 0.05) is 68.6 Å². The average molecular weight is 1140 g/mol. The number of aromatic nitrogens is 4. The summed E-state index contributed by atoms with van der Waals surface area (Å²) in [5.74, 6) is -1.75. The monoisotopic (exact) mass is 1140 g/mol. The molecule has 294 valence electrons. The molecule has 0 saturated carbocycles. The van der Waals surface area contributed by atoms with E-state index in [2.05, 4.69) is 79.6 Å². The van der Waals surface area contributed by atoms with Crippen molar-refractivity contribution in [2.45, 2.75) is 13.8 Å². The number of benzene rings is 4. The van der Waals surface area contributed by atoms with Crippen molar-refractivity contribution < 1.29 is 58.8 Å². The van der Waals surface area contributed by atoms with Gasteiger partial charge in [0.1, 0.15) is 0 Å². The third-order valence-electron chi connectivity index (χ3n) is 7.49. The zero-order valence-corrected chi connectivity index (χ0v) is 35.9. The molecule has 4 aromatic carbocycles. The molecular weight excluding hydrogens is 1100 g/mol. The second-order valence-electron chi connectivity index (χ2n) is 11.7. The van der Waals surface area contributed by atoms with Crippen LogP contribution in [0.3, 0.4) is 0 Å². The molecule has 0 aliphatic heterocycles. The van der Waals surface area contributed by atoms with Crippen LogP contribution in [0.15, 0.2) is 170 Å². The molecule has 0 atom stereocenters. The fraction of sp³-hybridized carbons (Fsp3) is 0.0435. The Balaban J connectivity index is 0.000000214. The Morgan fingerprint density at radius 3 is 0.877 bits per heavy atom. The number of hydrogen-bond donors (Lipinski definition) is 2. The molecule has 0 radical (unpaired) electrons. The number of phenolic OH excluding ortho intramolecular Hbond substituents is 2. The number of halogens is 3. The largest absolute Gasteiger partial charge is 0 e. The van der Waals surface area contributed by atoms with Crippen LogP contribution in [0.4, 0.5) is 8.78 Å². The molecule has 0 spiro atoms. The first kappa shape index (κ1) is 46.0. The summed E-state index contributed by atoms with van der Waals surface area (Å²) < 4.78 is 24.1. The van der Waals surface area contributed by atoms with Crippen molar-refractivity contribution in [2.75, 3.05) is 0 Å². The minimum absolute atomic E-state index is 0. The van der Waals surface area contributed by atoms with E-state index in [9.17, 15) is 8.78 Å². The first-order chi connectivity index (χ1) is 27.3. The predicted molar refractivity (Wildman–Crippen MR) is 215 cm³/mol. The smallest absolute Gasteiger partial charge is 0 e. The van der Waals surface area contributed by atoms with Crippen LogP contribution in [0.1, 0.15) is 11.1 Å². The van der Waals surface area contributed by atoms with Gasteiger partial charge in [-0.3, -0.25) is 19.9 Å². The number of aromatic hydroxyl groups is 2. The summed E-state index contributed by atoms with van der Waals surface area (Å²) in [4.78, 5) is 17.5. The van der Waals surface area contributed by atoms with Crippen LogP contribution in [0.2, 0.25) is 0 Å². The maximum Gasteiger partial charge on any atom is 0 e. The molecule has 4 aromatic heterocycles. The molecule has 0 amide bonds. The van der Waals surface area contributed by atoms with Gasteiger partial charge < -0.3 is 10.2 Å². The summed E-state index contributed by atoms with van der Waals surface area (Å²) in [5.41, 5.74) is 10.1. The zero-order chi connectivity index (χ0) is 40.1. The second-order valence-corrected chi connectivity index (χ2v) is 11.7. The van der Waals surface area contributed by atoms with Crippen molar-refractivity contribution in [3.05, 3.63) is 205 Å². The van der Waals surface area contributed by atoms with Crippen molar-refractivity contribution in [3.8, 4) is 56.5 Å². The topological polar surface area (TPSA) is 92.0 Å². The van der Waals surface area contributed by atoms with E-state index in [-0.39, 0.29) is 32.6 Å². The Kier molecular flexibility index (Phi) is 20.2. The van der Waals surface area contributed by atoms with Crippen LogP contribution in [-0.4, -0.2) is 30.1 Å². The van der Waals surface area contributed by atoms with E-state index >= 15 is 0 Å². The predicted octanol–water partition coefficient (Wildman–Crippen LogP) is 11.6. The van der Waals surface area contributed by atoms with Gasteiger partial charge in [-0.1, -0.05) is 109 Å². The van der Waals surface area contributed by atoms with Crippen LogP contribution in [0.25, 0.3) is 45.0 Å². The van der Waals surface area contributed by atoms with Gasteiger partial charge in [0.2, 0.25) is 0 Å². The van der Waals surface area contributed by atoms with E-state index in [1.54, 1.807) is 55.7 Å². The Labute approximate surface area is 361 Å². The molecule has 0 aliphatic rings. The summed E-state index contributed by atoms with van der Waals surface area (Å²) >= 11 is 1.61. The maximum atomic E-state index is 12.1. The molecule has 0 aliphatic carbocycles. The van der Waals surface area contributed by atoms with Crippen molar-refractivity contribution in [1.82, 2.24) is 19.9 Å². The number of nitrogens with zero attached hydrogens (tertiary/aromatic N) is 4. The summed E-state index contributed by atoms with van der Waals surface area (Å²) in [6.07, 6.45) is 7.19. The summed E-state index contributed by atoms with van der Waals surface area (Å²) in [5, 5.41) is 17.1. The van der Waals surface area contributed by atoms with E-state index in [0.717, 1.165) is 45.0 Å². The molecule has 8 aromatic rings. The Morgan fingerprint density at radius 2 is 0.684 bits per heavy atom. The van der Waals surface area contributed by atoms with Gasteiger partial charge in [0.05, 0.1) is 0 Å². The normalized spacial score (nSPS) is 9.60. The van der Waals surface area contributed by atoms with Gasteiger partial charge in [-0.2, -0.15) is 0 Å². The van der Waals surface area contributed by atoms with Gasteiger partial charge >= 0.3 is 28.2 Å². The van der Waals surface area contributed by atoms with Crippen LogP contribution in [0.5, 0.6) is 11.5 Å². The molecule has 0 bridgehead atoms. The van der Waals surface area contributed by atoms with Gasteiger partial charge in [-0.15, -0.1) is 47.5 Å². The molecule has 11 heteroatoms. The average Bonchev–Trinajstić information content (AvgIpc) is 3.25. The molecule has 8 rings (SSSR count). The third kappa shape index (κ3) is 15.2. The number of rotatable bonds is 4. The molecular formula is C46H36ClF2N4O2Pt2-.